The van der Waals surface area contributed by atoms with Gasteiger partial charge in [0.25, 0.3) is 0 Å². The Morgan fingerprint density at radius 1 is 1.02 bits per heavy atom. The molecule has 0 radical (unpaired) electrons. The lowest BCUT2D eigenvalue weighted by atomic mass is 9.95. The zero-order valence-electron chi connectivity index (χ0n) is 25.2. The number of likely N-dealkylation sites (N-methyl/N-ethyl adjacent to an activating group) is 1. The molecule has 0 unspecified atom stereocenters. The molecule has 0 aromatic heterocycles. The molecular weight excluding hydrogens is 599 g/mol. The zero-order chi connectivity index (χ0) is 32.7. The van der Waals surface area contributed by atoms with Crippen LogP contribution in [0.15, 0.2) is 29.3 Å². The van der Waals surface area contributed by atoms with Crippen molar-refractivity contribution in [3.63, 3.8) is 0 Å². The van der Waals surface area contributed by atoms with E-state index >= 15 is 0 Å². The van der Waals surface area contributed by atoms with E-state index in [2.05, 4.69) is 21.2 Å². The Morgan fingerprint density at radius 3 is 2.14 bits per heavy atom. The lowest BCUT2D eigenvalue weighted by Crippen LogP contribution is -2.44. The van der Waals surface area contributed by atoms with E-state index in [0.717, 1.165) is 38.5 Å². The summed E-state index contributed by atoms with van der Waals surface area (Å²) in [6.45, 7) is 10.3. The van der Waals surface area contributed by atoms with E-state index in [9.17, 15) is 9.59 Å². The number of rotatable bonds is 3. The van der Waals surface area contributed by atoms with Gasteiger partial charge < -0.3 is 10.2 Å². The predicted octanol–water partition coefficient (Wildman–Crippen LogP) is 7.89. The first-order valence-electron chi connectivity index (χ1n) is 14.2. The molecule has 2 amide bonds. The number of isocyanates is 1. The van der Waals surface area contributed by atoms with Crippen LogP contribution in [0, 0.1) is 48.5 Å². The fourth-order valence-corrected chi connectivity index (χ4v) is 6.27. The van der Waals surface area contributed by atoms with Crippen molar-refractivity contribution in [3.8, 4) is 12.1 Å². The van der Waals surface area contributed by atoms with E-state index in [1.807, 2.05) is 13.1 Å². The van der Waals surface area contributed by atoms with E-state index in [-0.39, 0.29) is 11.6 Å². The minimum Gasteiger partial charge on any atom is -0.314 e. The summed E-state index contributed by atoms with van der Waals surface area (Å²) in [6, 6.07) is 10.6. The molecule has 1 spiro atoms. The molecule has 228 valence electrons. The molecule has 2 N–H and O–H groups in total. The summed E-state index contributed by atoms with van der Waals surface area (Å²) in [5.41, 5.74) is 2.42. The van der Waals surface area contributed by atoms with Gasteiger partial charge in [-0.1, -0.05) is 55.0 Å². The highest BCUT2D eigenvalue weighted by atomic mass is 35.5. The standard InChI is InChI=1S/C16H17ClN4O.C9H5ClN2O.C7H12N2/c1-10-12(6-5-11(9-18)13(10)17)21-14(19)16(7-3-4-8-16)20(2)15(21)22;1-6-7(12-5-13)3-4-8(11-2)9(6)10;1-9-7(6-8)4-2-3-5-7/h5-6,19H,3-4,7-8H2,1-2H3;3-4H,1H3;9H,2-5H2,1H3. The fraction of sp³-hybridized carbons (Fsp3) is 0.438. The average molecular weight is 634 g/mol. The van der Waals surface area contributed by atoms with Gasteiger partial charge in [0.05, 0.1) is 39.6 Å². The lowest BCUT2D eigenvalue weighted by Gasteiger charge is -2.29. The lowest BCUT2D eigenvalue weighted by molar-refractivity contribution is 0.195. The normalized spacial score (nSPS) is 17.4. The molecule has 2 aromatic rings. The number of amidine groups is 1. The van der Waals surface area contributed by atoms with Crippen LogP contribution in [0.1, 0.15) is 68.1 Å². The first-order chi connectivity index (χ1) is 21.0. The third-order valence-corrected chi connectivity index (χ3v) is 9.67. The number of nitrogens with one attached hydrogen (secondary N) is 2. The Labute approximate surface area is 268 Å². The summed E-state index contributed by atoms with van der Waals surface area (Å²) in [7, 11) is 3.64. The van der Waals surface area contributed by atoms with Crippen molar-refractivity contribution < 1.29 is 9.59 Å². The molecule has 2 saturated carbocycles. The van der Waals surface area contributed by atoms with Crippen molar-refractivity contribution in [2.24, 2.45) is 4.99 Å². The molecule has 10 nitrogen and oxygen atoms in total. The minimum atomic E-state index is -0.482. The van der Waals surface area contributed by atoms with E-state index < -0.39 is 5.54 Å². The number of halogens is 2. The zero-order valence-corrected chi connectivity index (χ0v) is 26.7. The maximum atomic E-state index is 12.7. The Morgan fingerprint density at radius 2 is 1.64 bits per heavy atom. The van der Waals surface area contributed by atoms with Gasteiger partial charge in [0.1, 0.15) is 23.0 Å². The molecular formula is C32H34Cl2N8O2. The molecule has 2 aromatic carbocycles. The number of hydrogen-bond acceptors (Lipinski definition) is 7. The van der Waals surface area contributed by atoms with Gasteiger partial charge in [-0.3, -0.25) is 5.41 Å². The Bertz CT molecular complexity index is 1620. The van der Waals surface area contributed by atoms with Crippen molar-refractivity contribution in [3.05, 3.63) is 62.4 Å². The summed E-state index contributed by atoms with van der Waals surface area (Å²) in [6.07, 6.45) is 9.60. The number of amides is 2. The second-order valence-corrected chi connectivity index (χ2v) is 11.7. The number of nitriles is 2. The summed E-state index contributed by atoms with van der Waals surface area (Å²) in [5.74, 6) is 0.321. The van der Waals surface area contributed by atoms with Crippen LogP contribution in [0.5, 0.6) is 0 Å². The van der Waals surface area contributed by atoms with E-state index in [1.165, 1.54) is 29.9 Å². The summed E-state index contributed by atoms with van der Waals surface area (Å²) < 4.78 is 0. The highest BCUT2D eigenvalue weighted by Crippen LogP contribution is 2.44. The maximum absolute atomic E-state index is 12.7. The SMILES string of the molecule is CNC1(C#N)CCCC1.Cc1c(N2C(=N)C3(CCCC3)N(C)C2=O)ccc(C#N)c1Cl.[C-]#[N+]c1ccc(N=C=O)c(C)c1Cl. The number of benzene rings is 2. The van der Waals surface area contributed by atoms with Gasteiger partial charge in [0.2, 0.25) is 11.8 Å². The van der Waals surface area contributed by atoms with Gasteiger partial charge >= 0.3 is 6.03 Å². The van der Waals surface area contributed by atoms with Crippen molar-refractivity contribution in [1.82, 2.24) is 10.2 Å². The Balaban J connectivity index is 0.000000203. The third kappa shape index (κ3) is 6.48. The fourth-order valence-electron chi connectivity index (χ4n) is 5.87. The molecule has 2 aliphatic carbocycles. The molecule has 1 saturated heterocycles. The first-order valence-corrected chi connectivity index (χ1v) is 14.9. The van der Waals surface area contributed by atoms with Crippen LogP contribution in [0.4, 0.5) is 21.9 Å². The molecule has 5 rings (SSSR count). The van der Waals surface area contributed by atoms with Crippen LogP contribution in [0.2, 0.25) is 10.0 Å². The van der Waals surface area contributed by atoms with Crippen molar-refractivity contribution >= 4 is 58.2 Å². The highest BCUT2D eigenvalue weighted by molar-refractivity contribution is 6.34. The quantitative estimate of drug-likeness (QED) is 0.201. The van der Waals surface area contributed by atoms with Crippen LogP contribution in [0.3, 0.4) is 0 Å². The van der Waals surface area contributed by atoms with Gasteiger partial charge in [-0.2, -0.15) is 15.5 Å². The second-order valence-electron chi connectivity index (χ2n) is 11.0. The molecule has 1 heterocycles. The monoisotopic (exact) mass is 632 g/mol. The number of carbonyl (C=O) groups excluding carboxylic acids is 2. The smallest absolute Gasteiger partial charge is 0.314 e. The molecule has 0 bridgehead atoms. The van der Waals surface area contributed by atoms with Crippen LogP contribution in [-0.2, 0) is 4.79 Å². The first kappa shape index (κ1) is 34.3. The second kappa shape index (κ2) is 14.5. The van der Waals surface area contributed by atoms with Crippen molar-refractivity contribution in [2.75, 3.05) is 19.0 Å². The van der Waals surface area contributed by atoms with Gasteiger partial charge in [-0.15, -0.1) is 0 Å². The van der Waals surface area contributed by atoms with Gasteiger partial charge in [-0.25, -0.2) is 19.3 Å². The molecule has 12 heteroatoms. The van der Waals surface area contributed by atoms with Crippen LogP contribution in [0.25, 0.3) is 4.85 Å². The van der Waals surface area contributed by atoms with Gasteiger partial charge in [0, 0.05) is 7.05 Å². The maximum Gasteiger partial charge on any atom is 0.330 e. The van der Waals surface area contributed by atoms with Crippen LogP contribution in [-0.4, -0.2) is 48.0 Å². The summed E-state index contributed by atoms with van der Waals surface area (Å²) in [4.78, 5) is 32.5. The molecule has 0 atom stereocenters. The number of nitrogens with zero attached hydrogens (tertiary/aromatic N) is 6. The Hall–Kier alpha value is -4.23. The Kier molecular flexibility index (Phi) is 11.3. The van der Waals surface area contributed by atoms with E-state index in [4.69, 9.17) is 45.7 Å². The molecule has 44 heavy (non-hydrogen) atoms. The number of anilines is 1. The van der Waals surface area contributed by atoms with Gasteiger partial charge in [0.15, 0.2) is 0 Å². The van der Waals surface area contributed by atoms with Gasteiger partial charge in [-0.05, 0) is 75.9 Å². The van der Waals surface area contributed by atoms with E-state index in [0.29, 0.717) is 49.6 Å². The third-order valence-electron chi connectivity index (χ3n) is 8.71. The number of urea groups is 1. The number of hydrogen-bond donors (Lipinski definition) is 2. The minimum absolute atomic E-state index is 0.167. The largest absolute Gasteiger partial charge is 0.330 e. The molecule has 3 fully saturated rings. The molecule has 3 aliphatic rings. The number of carbonyl (C=O) groups is 1. The van der Waals surface area contributed by atoms with E-state index in [1.54, 1.807) is 44.0 Å². The van der Waals surface area contributed by atoms with Crippen molar-refractivity contribution in [1.29, 1.82) is 15.9 Å². The van der Waals surface area contributed by atoms with Crippen molar-refractivity contribution in [2.45, 2.75) is 76.3 Å². The predicted molar refractivity (Wildman–Crippen MR) is 172 cm³/mol. The summed E-state index contributed by atoms with van der Waals surface area (Å²) >= 11 is 12.0. The summed E-state index contributed by atoms with van der Waals surface area (Å²) in [5, 5.41) is 30.1. The van der Waals surface area contributed by atoms with Crippen LogP contribution >= 0.6 is 23.2 Å². The van der Waals surface area contributed by atoms with Crippen LogP contribution < -0.4 is 10.2 Å². The topological polar surface area (TPSA) is 141 Å². The highest BCUT2D eigenvalue weighted by Gasteiger charge is 2.54. The average Bonchev–Trinajstić information content (AvgIpc) is 3.77. The molecule has 1 aliphatic heterocycles. The number of aliphatic imine (C=N–C) groups is 1.